The molecular formula is C20H12N2O4. The summed E-state index contributed by atoms with van der Waals surface area (Å²) in [6.07, 6.45) is 1.66. The standard InChI is InChI=1S/C20H12N2O4/c23-20-18(12-13-5-6-14-3-1-2-4-16(14)11-13)21-19(26-20)15-7-9-17(10-8-15)22(24)25/h1-12H/b18-12-. The van der Waals surface area contributed by atoms with Crippen molar-refractivity contribution in [3.8, 4) is 0 Å². The number of hydrogen-bond acceptors (Lipinski definition) is 5. The Morgan fingerprint density at radius 3 is 2.42 bits per heavy atom. The predicted octanol–water partition coefficient (Wildman–Crippen LogP) is 4.09. The molecule has 0 fully saturated rings. The van der Waals surface area contributed by atoms with Crippen LogP contribution in [0.5, 0.6) is 0 Å². The van der Waals surface area contributed by atoms with E-state index in [0.29, 0.717) is 5.56 Å². The zero-order valence-corrected chi connectivity index (χ0v) is 13.5. The van der Waals surface area contributed by atoms with Gasteiger partial charge in [0.05, 0.1) is 4.92 Å². The molecule has 1 aliphatic heterocycles. The number of ether oxygens (including phenoxy) is 1. The second kappa shape index (κ2) is 6.25. The van der Waals surface area contributed by atoms with Gasteiger partial charge in [-0.15, -0.1) is 0 Å². The first-order valence-electron chi connectivity index (χ1n) is 7.86. The fraction of sp³-hybridized carbons (Fsp3) is 0. The zero-order chi connectivity index (χ0) is 18.1. The number of cyclic esters (lactones) is 1. The normalized spacial score (nSPS) is 15.2. The van der Waals surface area contributed by atoms with Crippen molar-refractivity contribution in [2.24, 2.45) is 4.99 Å². The Labute approximate surface area is 148 Å². The molecule has 26 heavy (non-hydrogen) atoms. The molecule has 0 aliphatic carbocycles. The van der Waals surface area contributed by atoms with E-state index in [-0.39, 0.29) is 17.3 Å². The van der Waals surface area contributed by atoms with Gasteiger partial charge in [-0.3, -0.25) is 10.1 Å². The third-order valence-electron chi connectivity index (χ3n) is 4.02. The van der Waals surface area contributed by atoms with Crippen molar-refractivity contribution >= 4 is 34.4 Å². The molecule has 126 valence electrons. The lowest BCUT2D eigenvalue weighted by Gasteiger charge is -1.99. The second-order valence-corrected chi connectivity index (χ2v) is 5.75. The summed E-state index contributed by atoms with van der Waals surface area (Å²) in [5.41, 5.74) is 1.49. The van der Waals surface area contributed by atoms with Crippen molar-refractivity contribution in [3.05, 3.63) is 93.7 Å². The number of benzene rings is 3. The number of nitro groups is 1. The van der Waals surface area contributed by atoms with Crippen LogP contribution in [0.25, 0.3) is 16.8 Å². The van der Waals surface area contributed by atoms with Gasteiger partial charge in [0.2, 0.25) is 5.90 Å². The van der Waals surface area contributed by atoms with Gasteiger partial charge < -0.3 is 4.74 Å². The summed E-state index contributed by atoms with van der Waals surface area (Å²) in [7, 11) is 0. The Kier molecular flexibility index (Phi) is 3.78. The molecule has 6 heteroatoms. The number of aliphatic imine (C=N–C) groups is 1. The summed E-state index contributed by atoms with van der Waals surface area (Å²) < 4.78 is 5.19. The predicted molar refractivity (Wildman–Crippen MR) is 97.7 cm³/mol. The van der Waals surface area contributed by atoms with E-state index in [9.17, 15) is 14.9 Å². The van der Waals surface area contributed by atoms with E-state index in [1.165, 1.54) is 24.3 Å². The van der Waals surface area contributed by atoms with Crippen molar-refractivity contribution in [1.82, 2.24) is 0 Å². The maximum absolute atomic E-state index is 12.1. The second-order valence-electron chi connectivity index (χ2n) is 5.75. The van der Waals surface area contributed by atoms with Gasteiger partial charge in [0.15, 0.2) is 5.70 Å². The number of nitrogens with zero attached hydrogens (tertiary/aromatic N) is 2. The number of fused-ring (bicyclic) bond motifs is 1. The highest BCUT2D eigenvalue weighted by atomic mass is 16.6. The summed E-state index contributed by atoms with van der Waals surface area (Å²) in [6.45, 7) is 0. The van der Waals surface area contributed by atoms with Gasteiger partial charge in [0.1, 0.15) is 0 Å². The topological polar surface area (TPSA) is 81.8 Å². The fourth-order valence-electron chi connectivity index (χ4n) is 2.71. The number of carbonyl (C=O) groups is 1. The van der Waals surface area contributed by atoms with E-state index in [1.807, 2.05) is 42.5 Å². The van der Waals surface area contributed by atoms with Crippen LogP contribution in [0.3, 0.4) is 0 Å². The van der Waals surface area contributed by atoms with Crippen LogP contribution in [-0.4, -0.2) is 16.8 Å². The van der Waals surface area contributed by atoms with Gasteiger partial charge in [0, 0.05) is 17.7 Å². The molecule has 0 spiro atoms. The lowest BCUT2D eigenvalue weighted by atomic mass is 10.1. The Morgan fingerprint density at radius 2 is 1.69 bits per heavy atom. The highest BCUT2D eigenvalue weighted by molar-refractivity contribution is 6.13. The SMILES string of the molecule is O=C1OC(c2ccc([N+](=O)[O-])cc2)=N/C1=C\c1ccc2ccccc2c1. The van der Waals surface area contributed by atoms with E-state index in [1.54, 1.807) is 6.08 Å². The van der Waals surface area contributed by atoms with Gasteiger partial charge >= 0.3 is 5.97 Å². The lowest BCUT2D eigenvalue weighted by molar-refractivity contribution is -0.384. The van der Waals surface area contributed by atoms with Crippen molar-refractivity contribution in [2.45, 2.75) is 0 Å². The molecule has 0 saturated carbocycles. The van der Waals surface area contributed by atoms with Crippen LogP contribution in [0.1, 0.15) is 11.1 Å². The number of hydrogen-bond donors (Lipinski definition) is 0. The van der Waals surface area contributed by atoms with Gasteiger partial charge in [-0.1, -0.05) is 36.4 Å². The highest BCUT2D eigenvalue weighted by Gasteiger charge is 2.24. The third-order valence-corrected chi connectivity index (χ3v) is 4.02. The number of esters is 1. The van der Waals surface area contributed by atoms with Crippen LogP contribution in [0.4, 0.5) is 5.69 Å². The first kappa shape index (κ1) is 15.7. The molecule has 0 saturated heterocycles. The largest absolute Gasteiger partial charge is 0.402 e. The van der Waals surface area contributed by atoms with E-state index < -0.39 is 10.9 Å². The smallest absolute Gasteiger partial charge is 0.363 e. The minimum atomic E-state index is -0.550. The van der Waals surface area contributed by atoms with E-state index in [2.05, 4.69) is 4.99 Å². The van der Waals surface area contributed by atoms with E-state index in [4.69, 9.17) is 4.74 Å². The lowest BCUT2D eigenvalue weighted by Crippen LogP contribution is -2.05. The van der Waals surface area contributed by atoms with Crippen LogP contribution in [-0.2, 0) is 9.53 Å². The Balaban J connectivity index is 1.66. The van der Waals surface area contributed by atoms with Gasteiger partial charge in [0.25, 0.3) is 5.69 Å². The highest BCUT2D eigenvalue weighted by Crippen LogP contribution is 2.22. The van der Waals surface area contributed by atoms with Crippen molar-refractivity contribution in [3.63, 3.8) is 0 Å². The number of carbonyl (C=O) groups excluding carboxylic acids is 1. The minimum Gasteiger partial charge on any atom is -0.402 e. The van der Waals surface area contributed by atoms with Crippen LogP contribution in [0.2, 0.25) is 0 Å². The zero-order valence-electron chi connectivity index (χ0n) is 13.5. The molecule has 0 atom stereocenters. The van der Waals surface area contributed by atoms with Crippen LogP contribution in [0, 0.1) is 10.1 Å². The van der Waals surface area contributed by atoms with Gasteiger partial charge in [-0.25, -0.2) is 9.79 Å². The molecular weight excluding hydrogens is 332 g/mol. The average molecular weight is 344 g/mol. The first-order chi connectivity index (χ1) is 12.6. The minimum absolute atomic E-state index is 0.0365. The molecule has 0 aromatic heterocycles. The number of non-ortho nitro benzene ring substituents is 1. The van der Waals surface area contributed by atoms with Crippen LogP contribution < -0.4 is 0 Å². The van der Waals surface area contributed by atoms with Crippen molar-refractivity contribution in [2.75, 3.05) is 0 Å². The fourth-order valence-corrected chi connectivity index (χ4v) is 2.71. The van der Waals surface area contributed by atoms with Gasteiger partial charge in [-0.2, -0.15) is 0 Å². The maximum Gasteiger partial charge on any atom is 0.363 e. The summed E-state index contributed by atoms with van der Waals surface area (Å²) in [6, 6.07) is 19.5. The number of nitro benzene ring substituents is 1. The molecule has 4 rings (SSSR count). The average Bonchev–Trinajstić information content (AvgIpc) is 3.02. The van der Waals surface area contributed by atoms with Crippen LogP contribution in [0.15, 0.2) is 77.4 Å². The summed E-state index contributed by atoms with van der Waals surface area (Å²) in [5.74, 6) is -0.413. The van der Waals surface area contributed by atoms with Crippen molar-refractivity contribution in [1.29, 1.82) is 0 Å². The molecule has 0 bridgehead atoms. The summed E-state index contributed by atoms with van der Waals surface area (Å²) >= 11 is 0. The Morgan fingerprint density at radius 1 is 0.962 bits per heavy atom. The molecule has 0 unspecified atom stereocenters. The Hall–Kier alpha value is -3.80. The molecule has 6 nitrogen and oxygen atoms in total. The van der Waals surface area contributed by atoms with Crippen LogP contribution >= 0.6 is 0 Å². The monoisotopic (exact) mass is 344 g/mol. The van der Waals surface area contributed by atoms with E-state index in [0.717, 1.165) is 16.3 Å². The number of rotatable bonds is 3. The van der Waals surface area contributed by atoms with E-state index >= 15 is 0 Å². The van der Waals surface area contributed by atoms with Crippen molar-refractivity contribution < 1.29 is 14.5 Å². The molecule has 3 aromatic carbocycles. The third kappa shape index (κ3) is 2.95. The molecule has 0 amide bonds. The molecule has 1 aliphatic rings. The molecule has 0 radical (unpaired) electrons. The van der Waals surface area contributed by atoms with Gasteiger partial charge in [-0.05, 0) is 40.6 Å². The maximum atomic E-state index is 12.1. The summed E-state index contributed by atoms with van der Waals surface area (Å²) in [4.78, 5) is 26.5. The first-order valence-corrected chi connectivity index (χ1v) is 7.86. The molecule has 1 heterocycles. The molecule has 3 aromatic rings. The quantitative estimate of drug-likeness (QED) is 0.310. The summed E-state index contributed by atoms with van der Waals surface area (Å²) in [5, 5.41) is 12.9. The molecule has 0 N–H and O–H groups in total. The Bertz CT molecular complexity index is 1100.